The molecule has 0 aromatic heterocycles. The van der Waals surface area contributed by atoms with Crippen LogP contribution < -0.4 is 5.32 Å². The molecule has 1 N–H and O–H groups in total. The van der Waals surface area contributed by atoms with E-state index in [9.17, 15) is 0 Å². The molecule has 0 aliphatic heterocycles. The van der Waals surface area contributed by atoms with E-state index < -0.39 is 0 Å². The van der Waals surface area contributed by atoms with E-state index in [2.05, 4.69) is 19.2 Å². The van der Waals surface area contributed by atoms with Gasteiger partial charge in [-0.1, -0.05) is 33.1 Å². The van der Waals surface area contributed by atoms with Crippen LogP contribution in [-0.2, 0) is 0 Å². The summed E-state index contributed by atoms with van der Waals surface area (Å²) in [6, 6.07) is 2.37. The molecular weight excluding hydrogens is 146 g/mol. The van der Waals surface area contributed by atoms with E-state index in [1.807, 2.05) is 0 Å². The molecule has 71 valence electrons. The van der Waals surface area contributed by atoms with Crippen molar-refractivity contribution in [2.75, 3.05) is 0 Å². The largest absolute Gasteiger partial charge is 0.307 e. The van der Waals surface area contributed by atoms with Gasteiger partial charge in [-0.05, 0) is 25.7 Å². The van der Waals surface area contributed by atoms with Gasteiger partial charge in [0.2, 0.25) is 0 Å². The van der Waals surface area contributed by atoms with E-state index in [1.165, 1.54) is 44.9 Å². The van der Waals surface area contributed by atoms with E-state index in [4.69, 9.17) is 0 Å². The van der Waals surface area contributed by atoms with Crippen LogP contribution in [-0.4, -0.2) is 6.04 Å². The molecule has 1 rings (SSSR count). The molecule has 12 heavy (non-hydrogen) atoms. The Bertz CT molecular complexity index is 106. The maximum atomic E-state index is 3.68. The summed E-state index contributed by atoms with van der Waals surface area (Å²) in [5.74, 6) is 0. The Hall–Kier alpha value is -0.0400. The Kier molecular flexibility index (Phi) is 4.67. The van der Waals surface area contributed by atoms with Crippen LogP contribution in [0.5, 0.6) is 0 Å². The van der Waals surface area contributed by atoms with Gasteiger partial charge in [0.25, 0.3) is 0 Å². The summed E-state index contributed by atoms with van der Waals surface area (Å²) >= 11 is 0. The highest BCUT2D eigenvalue weighted by Crippen LogP contribution is 2.25. The summed E-state index contributed by atoms with van der Waals surface area (Å²) in [6.07, 6.45) is 9.40. The molecule has 1 aliphatic carbocycles. The Morgan fingerprint density at radius 2 is 1.92 bits per heavy atom. The number of nitrogens with one attached hydrogen (secondary N) is 1. The Morgan fingerprint density at radius 3 is 2.42 bits per heavy atom. The monoisotopic (exact) mass is 168 g/mol. The van der Waals surface area contributed by atoms with Crippen LogP contribution in [0.25, 0.3) is 0 Å². The van der Waals surface area contributed by atoms with Crippen molar-refractivity contribution >= 4 is 0 Å². The summed E-state index contributed by atoms with van der Waals surface area (Å²) < 4.78 is 0. The maximum Gasteiger partial charge on any atom is 0.0366 e. The molecule has 1 saturated carbocycles. The summed E-state index contributed by atoms with van der Waals surface area (Å²) in [7, 11) is 0. The van der Waals surface area contributed by atoms with Crippen LogP contribution in [0.3, 0.4) is 0 Å². The highest BCUT2D eigenvalue weighted by atomic mass is 14.9. The predicted molar refractivity (Wildman–Crippen MR) is 53.8 cm³/mol. The zero-order valence-corrected chi connectivity index (χ0v) is 8.53. The molecule has 0 aromatic rings. The second kappa shape index (κ2) is 5.58. The first kappa shape index (κ1) is 10.0. The van der Waals surface area contributed by atoms with Crippen molar-refractivity contribution < 1.29 is 0 Å². The average Bonchev–Trinajstić information content (AvgIpc) is 2.56. The lowest BCUT2D eigenvalue weighted by Gasteiger charge is -2.20. The molecule has 0 spiro atoms. The summed E-state index contributed by atoms with van der Waals surface area (Å²) in [4.78, 5) is 0. The zero-order valence-electron chi connectivity index (χ0n) is 8.53. The quantitative estimate of drug-likeness (QED) is 0.664. The third-order valence-corrected chi connectivity index (χ3v) is 2.75. The minimum Gasteiger partial charge on any atom is -0.307 e. The molecule has 0 bridgehead atoms. The third kappa shape index (κ3) is 3.14. The molecule has 0 amide bonds. The standard InChI is InChI=1S/C11H22N/c1-3-7-10(4-2)12-11-8-5-6-9-11/h10,12H,3-9H2,1-2H3. The molecule has 1 unspecified atom stereocenters. The number of hydrogen-bond acceptors (Lipinski definition) is 1. The molecule has 0 heterocycles. The lowest BCUT2D eigenvalue weighted by atomic mass is 10.1. The van der Waals surface area contributed by atoms with Gasteiger partial charge in [0.05, 0.1) is 0 Å². The summed E-state index contributed by atoms with van der Waals surface area (Å²) in [6.45, 7) is 4.55. The van der Waals surface area contributed by atoms with Gasteiger partial charge in [-0.2, -0.15) is 0 Å². The molecule has 0 aromatic carbocycles. The lowest BCUT2D eigenvalue weighted by molar-refractivity contribution is 0.461. The molecule has 1 radical (unpaired) electrons. The molecule has 1 aliphatic rings. The van der Waals surface area contributed by atoms with Crippen molar-refractivity contribution in [3.05, 3.63) is 6.04 Å². The number of hydrogen-bond donors (Lipinski definition) is 1. The van der Waals surface area contributed by atoms with Crippen molar-refractivity contribution in [3.63, 3.8) is 0 Å². The Labute approximate surface area is 76.9 Å². The van der Waals surface area contributed by atoms with Gasteiger partial charge in [-0.3, -0.25) is 0 Å². The van der Waals surface area contributed by atoms with Gasteiger partial charge in [0.1, 0.15) is 0 Å². The van der Waals surface area contributed by atoms with Crippen LogP contribution in [0.1, 0.15) is 58.8 Å². The van der Waals surface area contributed by atoms with E-state index in [0.29, 0.717) is 0 Å². The first-order chi connectivity index (χ1) is 5.86. The fourth-order valence-electron chi connectivity index (χ4n) is 1.96. The summed E-state index contributed by atoms with van der Waals surface area (Å²) in [5, 5.41) is 3.68. The van der Waals surface area contributed by atoms with Gasteiger partial charge in [0.15, 0.2) is 0 Å². The van der Waals surface area contributed by atoms with Crippen LogP contribution in [0.4, 0.5) is 0 Å². The minimum atomic E-state index is 0.753. The lowest BCUT2D eigenvalue weighted by Crippen LogP contribution is -2.30. The van der Waals surface area contributed by atoms with Crippen molar-refractivity contribution in [1.29, 1.82) is 0 Å². The van der Waals surface area contributed by atoms with Crippen molar-refractivity contribution in [1.82, 2.24) is 5.32 Å². The van der Waals surface area contributed by atoms with E-state index in [-0.39, 0.29) is 0 Å². The normalized spacial score (nSPS) is 21.5. The number of rotatable bonds is 5. The fourth-order valence-corrected chi connectivity index (χ4v) is 1.96. The molecular formula is C11H22N. The van der Waals surface area contributed by atoms with Crippen molar-refractivity contribution in [2.24, 2.45) is 0 Å². The highest BCUT2D eigenvalue weighted by Gasteiger charge is 2.18. The Balaban J connectivity index is 2.16. The first-order valence-corrected chi connectivity index (χ1v) is 5.48. The topological polar surface area (TPSA) is 12.0 Å². The van der Waals surface area contributed by atoms with Gasteiger partial charge in [0, 0.05) is 12.1 Å². The van der Waals surface area contributed by atoms with Crippen LogP contribution >= 0.6 is 0 Å². The zero-order chi connectivity index (χ0) is 8.81. The molecule has 0 saturated heterocycles. The van der Waals surface area contributed by atoms with Crippen molar-refractivity contribution in [2.45, 2.75) is 64.8 Å². The van der Waals surface area contributed by atoms with Crippen LogP contribution in [0.15, 0.2) is 0 Å². The third-order valence-electron chi connectivity index (χ3n) is 2.75. The fraction of sp³-hybridized carbons (Fsp3) is 0.909. The van der Waals surface area contributed by atoms with Crippen LogP contribution in [0, 0.1) is 6.04 Å². The average molecular weight is 168 g/mol. The smallest absolute Gasteiger partial charge is 0.0366 e. The predicted octanol–water partition coefficient (Wildman–Crippen LogP) is 3.26. The maximum absolute atomic E-state index is 3.68. The Morgan fingerprint density at radius 1 is 1.25 bits per heavy atom. The van der Waals surface area contributed by atoms with Gasteiger partial charge in [-0.25, -0.2) is 0 Å². The van der Waals surface area contributed by atoms with Crippen molar-refractivity contribution in [3.8, 4) is 0 Å². The van der Waals surface area contributed by atoms with Crippen LogP contribution in [0.2, 0.25) is 0 Å². The van der Waals surface area contributed by atoms with E-state index in [0.717, 1.165) is 6.04 Å². The minimum absolute atomic E-state index is 0.753. The van der Waals surface area contributed by atoms with Gasteiger partial charge in [-0.15, -0.1) is 0 Å². The van der Waals surface area contributed by atoms with Gasteiger partial charge < -0.3 is 5.32 Å². The second-order valence-electron chi connectivity index (χ2n) is 3.85. The second-order valence-corrected chi connectivity index (χ2v) is 3.85. The summed E-state index contributed by atoms with van der Waals surface area (Å²) in [5.41, 5.74) is 0. The SMILES string of the molecule is CCCC(CC)N[C]1CCCC1. The molecule has 1 fully saturated rings. The molecule has 1 nitrogen and oxygen atoms in total. The molecule has 1 heteroatoms. The molecule has 1 atom stereocenters. The van der Waals surface area contributed by atoms with E-state index in [1.54, 1.807) is 6.04 Å². The van der Waals surface area contributed by atoms with Gasteiger partial charge >= 0.3 is 0 Å². The highest BCUT2D eigenvalue weighted by molar-refractivity contribution is 4.93. The van der Waals surface area contributed by atoms with E-state index >= 15 is 0 Å². The first-order valence-electron chi connectivity index (χ1n) is 5.48.